The highest BCUT2D eigenvalue weighted by atomic mass is 16.5. The Bertz CT molecular complexity index is 821. The molecule has 26 heavy (non-hydrogen) atoms. The summed E-state index contributed by atoms with van der Waals surface area (Å²) in [5.74, 6) is 1.83. The molecule has 0 saturated carbocycles. The molecular formula is C18H26N6O2. The lowest BCUT2D eigenvalue weighted by Crippen LogP contribution is -2.55. The Morgan fingerprint density at radius 3 is 2.81 bits per heavy atom. The summed E-state index contributed by atoms with van der Waals surface area (Å²) < 4.78 is 5.69. The van der Waals surface area contributed by atoms with Gasteiger partial charge in [-0.25, -0.2) is 15.0 Å². The number of guanidine groups is 1. The number of aromatic nitrogens is 2. The fraction of sp³-hybridized carbons (Fsp3) is 0.500. The van der Waals surface area contributed by atoms with Gasteiger partial charge in [0.05, 0.1) is 32.2 Å². The van der Waals surface area contributed by atoms with E-state index in [1.54, 1.807) is 0 Å². The number of ether oxygens (including phenoxy) is 1. The lowest BCUT2D eigenvalue weighted by molar-refractivity contribution is 0.0532. The number of hydrogen-bond donors (Lipinski definition) is 3. The number of anilines is 1. The van der Waals surface area contributed by atoms with Gasteiger partial charge in [-0.1, -0.05) is 12.1 Å². The summed E-state index contributed by atoms with van der Waals surface area (Å²) >= 11 is 0. The first-order valence-electron chi connectivity index (χ1n) is 8.76. The topological polar surface area (TPSA) is 94.9 Å². The van der Waals surface area contributed by atoms with Gasteiger partial charge >= 0.3 is 0 Å². The highest BCUT2D eigenvalue weighted by Gasteiger charge is 2.27. The molecule has 1 aromatic heterocycles. The van der Waals surface area contributed by atoms with Crippen LogP contribution in [-0.2, 0) is 0 Å². The van der Waals surface area contributed by atoms with E-state index in [1.165, 1.54) is 0 Å². The maximum atomic E-state index is 9.48. The van der Waals surface area contributed by atoms with Crippen molar-refractivity contribution in [3.8, 4) is 5.75 Å². The fourth-order valence-corrected chi connectivity index (χ4v) is 2.73. The monoisotopic (exact) mass is 358 g/mol. The third-order valence-electron chi connectivity index (χ3n) is 4.49. The smallest absolute Gasteiger partial charge is 0.230 e. The Morgan fingerprint density at radius 1 is 1.35 bits per heavy atom. The van der Waals surface area contributed by atoms with Crippen molar-refractivity contribution in [3.63, 3.8) is 0 Å². The van der Waals surface area contributed by atoms with Crippen LogP contribution in [0.2, 0.25) is 0 Å². The van der Waals surface area contributed by atoms with Gasteiger partial charge in [0.1, 0.15) is 11.3 Å². The fourth-order valence-electron chi connectivity index (χ4n) is 2.73. The number of aliphatic imine (C=N–C) groups is 1. The zero-order valence-corrected chi connectivity index (χ0v) is 15.7. The quantitative estimate of drug-likeness (QED) is 0.749. The van der Waals surface area contributed by atoms with Crippen LogP contribution in [0, 0.1) is 6.92 Å². The number of nitrogens with zero attached hydrogens (tertiary/aromatic N) is 4. The summed E-state index contributed by atoms with van der Waals surface area (Å²) in [6.45, 7) is 9.58. The molecule has 0 saturated heterocycles. The van der Waals surface area contributed by atoms with Crippen LogP contribution in [0.4, 0.5) is 5.95 Å². The summed E-state index contributed by atoms with van der Waals surface area (Å²) in [4.78, 5) is 15.7. The number of para-hydroxylation sites is 1. The highest BCUT2D eigenvalue weighted by molar-refractivity contribution is 5.94. The van der Waals surface area contributed by atoms with Crippen LogP contribution < -0.4 is 15.4 Å². The molecule has 3 rings (SSSR count). The molecule has 0 atom stereocenters. The Morgan fingerprint density at radius 2 is 2.15 bits per heavy atom. The molecule has 0 bridgehead atoms. The molecule has 3 N–H and O–H groups in total. The minimum Gasteiger partial charge on any atom is -0.492 e. The minimum absolute atomic E-state index is 0.0696. The van der Waals surface area contributed by atoms with Crippen LogP contribution in [-0.4, -0.2) is 58.0 Å². The van der Waals surface area contributed by atoms with Crippen LogP contribution in [0.3, 0.4) is 0 Å². The number of hydrogen-bond acceptors (Lipinski definition) is 8. The van der Waals surface area contributed by atoms with E-state index in [2.05, 4.69) is 30.5 Å². The van der Waals surface area contributed by atoms with Crippen LogP contribution in [0.1, 0.15) is 26.5 Å². The molecule has 0 unspecified atom stereocenters. The Labute approximate surface area is 153 Å². The van der Waals surface area contributed by atoms with E-state index >= 15 is 0 Å². The molecule has 8 nitrogen and oxygen atoms in total. The van der Waals surface area contributed by atoms with Gasteiger partial charge in [0.25, 0.3) is 0 Å². The van der Waals surface area contributed by atoms with Crippen molar-refractivity contribution in [3.05, 3.63) is 23.9 Å². The van der Waals surface area contributed by atoms with E-state index in [9.17, 15) is 5.11 Å². The first-order chi connectivity index (χ1) is 12.4. The Balaban J connectivity index is 1.82. The normalized spacial score (nSPS) is 15.5. The van der Waals surface area contributed by atoms with Crippen LogP contribution in [0.15, 0.2) is 23.2 Å². The molecule has 0 aliphatic carbocycles. The number of aliphatic hydroxyl groups excluding tert-OH is 1. The van der Waals surface area contributed by atoms with Crippen LogP contribution >= 0.6 is 0 Å². The standard InChI is InChI=1S/C18H26N6O2/c1-5-26-14-8-6-7-13-12(2)21-17(22-15(13)14)23-16-19-10-24(11-20-16)18(3,4)9-25/h6-8,25H,5,9-11H2,1-4H3,(H2,19,20,21,22,23). The van der Waals surface area contributed by atoms with Crippen molar-refractivity contribution in [2.24, 2.45) is 4.99 Å². The van der Waals surface area contributed by atoms with E-state index in [0.717, 1.165) is 22.3 Å². The number of benzene rings is 1. The Hall–Kier alpha value is -2.45. The zero-order chi connectivity index (χ0) is 18.7. The lowest BCUT2D eigenvalue weighted by atomic mass is 10.1. The average molecular weight is 358 g/mol. The van der Waals surface area contributed by atoms with Gasteiger partial charge in [-0.2, -0.15) is 0 Å². The molecule has 0 fully saturated rings. The first kappa shape index (κ1) is 18.3. The van der Waals surface area contributed by atoms with Crippen molar-refractivity contribution in [1.29, 1.82) is 0 Å². The van der Waals surface area contributed by atoms with Gasteiger partial charge in [0, 0.05) is 10.9 Å². The first-order valence-corrected chi connectivity index (χ1v) is 8.76. The van der Waals surface area contributed by atoms with Gasteiger partial charge in [-0.3, -0.25) is 10.2 Å². The van der Waals surface area contributed by atoms with Crippen molar-refractivity contribution in [2.75, 3.05) is 31.9 Å². The summed E-state index contributed by atoms with van der Waals surface area (Å²) in [5.41, 5.74) is 1.33. The summed E-state index contributed by atoms with van der Waals surface area (Å²) in [5, 5.41) is 16.8. The van der Waals surface area contributed by atoms with Crippen LogP contribution in [0.25, 0.3) is 10.9 Å². The van der Waals surface area contributed by atoms with Gasteiger partial charge < -0.3 is 15.2 Å². The second-order valence-electron chi connectivity index (χ2n) is 6.84. The van der Waals surface area contributed by atoms with E-state index in [1.807, 2.05) is 45.9 Å². The third-order valence-corrected chi connectivity index (χ3v) is 4.49. The summed E-state index contributed by atoms with van der Waals surface area (Å²) in [7, 11) is 0. The molecular weight excluding hydrogens is 332 g/mol. The zero-order valence-electron chi connectivity index (χ0n) is 15.7. The number of rotatable bonds is 5. The number of fused-ring (bicyclic) bond motifs is 1. The molecule has 0 spiro atoms. The number of aryl methyl sites for hydroxylation is 1. The van der Waals surface area contributed by atoms with E-state index in [-0.39, 0.29) is 12.1 Å². The van der Waals surface area contributed by atoms with E-state index < -0.39 is 0 Å². The van der Waals surface area contributed by atoms with Gasteiger partial charge in [-0.15, -0.1) is 0 Å². The van der Waals surface area contributed by atoms with Gasteiger partial charge in [-0.05, 0) is 33.8 Å². The van der Waals surface area contributed by atoms with Gasteiger partial charge in [0.15, 0.2) is 0 Å². The highest BCUT2D eigenvalue weighted by Crippen LogP contribution is 2.26. The molecule has 2 aromatic rings. The molecule has 8 heteroatoms. The lowest BCUT2D eigenvalue weighted by Gasteiger charge is -2.38. The third kappa shape index (κ3) is 3.71. The number of nitrogens with one attached hydrogen (secondary N) is 2. The second kappa shape index (κ2) is 7.43. The molecule has 140 valence electrons. The second-order valence-corrected chi connectivity index (χ2v) is 6.84. The Kier molecular flexibility index (Phi) is 5.24. The van der Waals surface area contributed by atoms with Gasteiger partial charge in [0.2, 0.25) is 11.9 Å². The predicted molar refractivity (Wildman–Crippen MR) is 102 cm³/mol. The molecule has 0 radical (unpaired) electrons. The SMILES string of the molecule is CCOc1cccc2c(C)nc(NC3=NCN(C(C)(C)CO)CN3)nc12. The van der Waals surface area contributed by atoms with Crippen molar-refractivity contribution in [2.45, 2.75) is 33.2 Å². The predicted octanol–water partition coefficient (Wildman–Crippen LogP) is 1.70. The molecule has 0 amide bonds. The maximum absolute atomic E-state index is 9.48. The molecule has 1 aliphatic rings. The largest absolute Gasteiger partial charge is 0.492 e. The van der Waals surface area contributed by atoms with Crippen molar-refractivity contribution in [1.82, 2.24) is 20.2 Å². The minimum atomic E-state index is -0.329. The number of aliphatic hydroxyl groups is 1. The molecule has 1 aromatic carbocycles. The average Bonchev–Trinajstić information content (AvgIpc) is 2.63. The summed E-state index contributed by atoms with van der Waals surface area (Å²) in [6, 6.07) is 5.84. The van der Waals surface area contributed by atoms with Crippen molar-refractivity contribution >= 4 is 22.8 Å². The van der Waals surface area contributed by atoms with Crippen molar-refractivity contribution < 1.29 is 9.84 Å². The molecule has 1 aliphatic heterocycles. The summed E-state index contributed by atoms with van der Waals surface area (Å²) in [6.07, 6.45) is 0. The van der Waals surface area contributed by atoms with E-state index in [4.69, 9.17) is 4.74 Å². The molecule has 2 heterocycles. The van der Waals surface area contributed by atoms with Crippen LogP contribution in [0.5, 0.6) is 5.75 Å². The maximum Gasteiger partial charge on any atom is 0.230 e. The van der Waals surface area contributed by atoms with E-state index in [0.29, 0.717) is 31.9 Å².